The maximum atomic E-state index is 12.5. The van der Waals surface area contributed by atoms with Gasteiger partial charge in [0.1, 0.15) is 0 Å². The molecule has 1 heterocycles. The maximum Gasteiger partial charge on any atom is 0.292 e. The fourth-order valence-corrected chi connectivity index (χ4v) is 2.78. The van der Waals surface area contributed by atoms with E-state index >= 15 is 0 Å². The van der Waals surface area contributed by atoms with Crippen LogP contribution in [0.2, 0.25) is 0 Å². The van der Waals surface area contributed by atoms with Crippen molar-refractivity contribution in [3.63, 3.8) is 0 Å². The summed E-state index contributed by atoms with van der Waals surface area (Å²) in [6.45, 7) is 4.48. The summed E-state index contributed by atoms with van der Waals surface area (Å²) in [5.41, 5.74) is 4.72. The van der Waals surface area contributed by atoms with Gasteiger partial charge >= 0.3 is 0 Å². The quantitative estimate of drug-likeness (QED) is 0.878. The molecular formula is C18H20N4O2. The summed E-state index contributed by atoms with van der Waals surface area (Å²) in [7, 11) is 0. The third kappa shape index (κ3) is 3.13. The van der Waals surface area contributed by atoms with Crippen LogP contribution >= 0.6 is 0 Å². The van der Waals surface area contributed by atoms with Crippen LogP contribution in [0.1, 0.15) is 43.6 Å². The van der Waals surface area contributed by atoms with Crippen LogP contribution < -0.4 is 11.0 Å². The van der Waals surface area contributed by atoms with E-state index in [9.17, 15) is 9.59 Å². The number of aromatic nitrogens is 2. The van der Waals surface area contributed by atoms with Gasteiger partial charge in [-0.1, -0.05) is 30.7 Å². The zero-order valence-corrected chi connectivity index (χ0v) is 13.9. The lowest BCUT2D eigenvalue weighted by atomic mass is 10.1. The molecule has 1 amide bonds. The molecule has 1 aromatic heterocycles. The molecule has 0 saturated heterocycles. The van der Waals surface area contributed by atoms with Gasteiger partial charge < -0.3 is 0 Å². The predicted molar refractivity (Wildman–Crippen MR) is 94.2 cm³/mol. The van der Waals surface area contributed by atoms with Gasteiger partial charge in [-0.05, 0) is 38.3 Å². The van der Waals surface area contributed by atoms with Gasteiger partial charge in [-0.2, -0.15) is 10.2 Å². The van der Waals surface area contributed by atoms with Crippen molar-refractivity contribution in [1.29, 1.82) is 0 Å². The standard InChI is InChI=1S/C18H20N4O2/c1-3-10-22-18(24)15-7-5-4-6-14(15)16(21-22)17(23)20-19-13-9-8-12(2)11-13/h4-7,11H,3,8-10H2,1-2H3,(H,20,23)/b19-13-. The molecule has 1 N–H and O–H groups in total. The van der Waals surface area contributed by atoms with E-state index in [0.717, 1.165) is 25.0 Å². The van der Waals surface area contributed by atoms with E-state index in [1.54, 1.807) is 24.3 Å². The van der Waals surface area contributed by atoms with Crippen molar-refractivity contribution in [3.8, 4) is 0 Å². The number of hydrogen-bond donors (Lipinski definition) is 1. The van der Waals surface area contributed by atoms with Crippen LogP contribution in [-0.2, 0) is 6.54 Å². The zero-order valence-electron chi connectivity index (χ0n) is 13.9. The summed E-state index contributed by atoms with van der Waals surface area (Å²) in [5, 5.41) is 9.47. The number of fused-ring (bicyclic) bond motifs is 1. The molecule has 2 aromatic rings. The first-order chi connectivity index (χ1) is 11.6. The van der Waals surface area contributed by atoms with Crippen LogP contribution in [0.15, 0.2) is 45.8 Å². The number of benzene rings is 1. The second-order valence-electron chi connectivity index (χ2n) is 5.96. The van der Waals surface area contributed by atoms with Crippen LogP contribution in [0.3, 0.4) is 0 Å². The van der Waals surface area contributed by atoms with Gasteiger partial charge in [-0.15, -0.1) is 0 Å². The molecular weight excluding hydrogens is 304 g/mol. The molecule has 1 aliphatic carbocycles. The molecule has 24 heavy (non-hydrogen) atoms. The summed E-state index contributed by atoms with van der Waals surface area (Å²) >= 11 is 0. The predicted octanol–water partition coefficient (Wildman–Crippen LogP) is 2.63. The number of hydrogen-bond acceptors (Lipinski definition) is 4. The van der Waals surface area contributed by atoms with Crippen LogP contribution in [0.5, 0.6) is 0 Å². The number of nitrogens with zero attached hydrogens (tertiary/aromatic N) is 3. The zero-order chi connectivity index (χ0) is 17.1. The van der Waals surface area contributed by atoms with E-state index in [4.69, 9.17) is 0 Å². The van der Waals surface area contributed by atoms with E-state index in [0.29, 0.717) is 17.3 Å². The molecule has 3 rings (SSSR count). The lowest BCUT2D eigenvalue weighted by molar-refractivity contribution is 0.0949. The van der Waals surface area contributed by atoms with Gasteiger partial charge in [0.2, 0.25) is 0 Å². The molecule has 0 bridgehead atoms. The highest BCUT2D eigenvalue weighted by Gasteiger charge is 2.16. The number of aryl methyl sites for hydroxylation is 1. The Labute approximate surface area is 139 Å². The molecule has 0 spiro atoms. The largest absolute Gasteiger partial charge is 0.292 e. The second kappa shape index (κ2) is 6.78. The normalized spacial score (nSPS) is 15.8. The number of nitrogens with one attached hydrogen (secondary N) is 1. The number of allylic oxidation sites excluding steroid dienone is 2. The Bertz CT molecular complexity index is 909. The van der Waals surface area contributed by atoms with E-state index in [1.807, 2.05) is 19.9 Å². The fourth-order valence-electron chi connectivity index (χ4n) is 2.78. The third-order valence-electron chi connectivity index (χ3n) is 4.01. The molecule has 0 fully saturated rings. The lowest BCUT2D eigenvalue weighted by Gasteiger charge is -2.09. The number of carbonyl (C=O) groups is 1. The topological polar surface area (TPSA) is 76.3 Å². The maximum absolute atomic E-state index is 12.5. The summed E-state index contributed by atoms with van der Waals surface area (Å²) in [5.74, 6) is -0.401. The van der Waals surface area contributed by atoms with Gasteiger partial charge in [0.05, 0.1) is 11.1 Å². The van der Waals surface area contributed by atoms with Gasteiger partial charge in [-0.25, -0.2) is 10.1 Å². The SMILES string of the molecule is CCCn1nc(C(=O)N/N=C2\C=C(C)CC2)c2ccccc2c1=O. The summed E-state index contributed by atoms with van der Waals surface area (Å²) in [4.78, 5) is 25.0. The van der Waals surface area contributed by atoms with Crippen molar-refractivity contribution in [2.24, 2.45) is 5.10 Å². The number of hydrazone groups is 1. The van der Waals surface area contributed by atoms with Crippen molar-refractivity contribution in [1.82, 2.24) is 15.2 Å². The van der Waals surface area contributed by atoms with E-state index < -0.39 is 5.91 Å². The smallest absolute Gasteiger partial charge is 0.267 e. The monoisotopic (exact) mass is 324 g/mol. The Kier molecular flexibility index (Phi) is 4.55. The highest BCUT2D eigenvalue weighted by molar-refractivity contribution is 6.05. The minimum absolute atomic E-state index is 0.176. The van der Waals surface area contributed by atoms with Gasteiger partial charge in [0.25, 0.3) is 11.5 Å². The van der Waals surface area contributed by atoms with Crippen LogP contribution in [0.4, 0.5) is 0 Å². The van der Waals surface area contributed by atoms with Crippen LogP contribution in [0, 0.1) is 0 Å². The Hall–Kier alpha value is -2.76. The van der Waals surface area contributed by atoms with Crippen LogP contribution in [-0.4, -0.2) is 21.4 Å². The molecule has 0 aliphatic heterocycles. The first kappa shape index (κ1) is 16.1. The molecule has 0 atom stereocenters. The van der Waals surface area contributed by atoms with Crippen LogP contribution in [0.25, 0.3) is 10.8 Å². The van der Waals surface area contributed by atoms with Crippen molar-refractivity contribution >= 4 is 22.4 Å². The summed E-state index contributed by atoms with van der Waals surface area (Å²) in [6.07, 6.45) is 4.54. The molecule has 124 valence electrons. The summed E-state index contributed by atoms with van der Waals surface area (Å²) in [6, 6.07) is 7.03. The van der Waals surface area contributed by atoms with Crippen molar-refractivity contribution in [2.45, 2.75) is 39.7 Å². The average Bonchev–Trinajstić information content (AvgIpc) is 3.01. The van der Waals surface area contributed by atoms with Gasteiger partial charge in [0.15, 0.2) is 5.69 Å². The second-order valence-corrected chi connectivity index (χ2v) is 5.96. The third-order valence-corrected chi connectivity index (χ3v) is 4.01. The van der Waals surface area contributed by atoms with E-state index in [-0.39, 0.29) is 11.3 Å². The van der Waals surface area contributed by atoms with Gasteiger partial charge in [-0.3, -0.25) is 9.59 Å². The molecule has 0 saturated carbocycles. The first-order valence-electron chi connectivity index (χ1n) is 8.14. The minimum Gasteiger partial charge on any atom is -0.267 e. The summed E-state index contributed by atoms with van der Waals surface area (Å²) < 4.78 is 1.35. The van der Waals surface area contributed by atoms with E-state index in [1.165, 1.54) is 10.3 Å². The Morgan fingerprint density at radius 1 is 1.29 bits per heavy atom. The number of rotatable bonds is 4. The number of carbonyl (C=O) groups excluding carboxylic acids is 1. The molecule has 6 heteroatoms. The molecule has 6 nitrogen and oxygen atoms in total. The van der Waals surface area contributed by atoms with Crippen molar-refractivity contribution in [2.75, 3.05) is 0 Å². The molecule has 0 unspecified atom stereocenters. The van der Waals surface area contributed by atoms with Gasteiger partial charge in [0, 0.05) is 11.9 Å². The highest BCUT2D eigenvalue weighted by atomic mass is 16.2. The Morgan fingerprint density at radius 3 is 2.71 bits per heavy atom. The number of amides is 1. The Balaban J connectivity index is 2.00. The highest BCUT2D eigenvalue weighted by Crippen LogP contribution is 2.15. The average molecular weight is 324 g/mol. The fraction of sp³-hybridized carbons (Fsp3) is 0.333. The Morgan fingerprint density at radius 2 is 2.04 bits per heavy atom. The van der Waals surface area contributed by atoms with E-state index in [2.05, 4.69) is 15.6 Å². The molecule has 1 aromatic carbocycles. The molecule has 0 radical (unpaired) electrons. The molecule has 1 aliphatic rings. The first-order valence-corrected chi connectivity index (χ1v) is 8.14. The van der Waals surface area contributed by atoms with Crippen molar-refractivity contribution in [3.05, 3.63) is 52.0 Å². The van der Waals surface area contributed by atoms with Crippen molar-refractivity contribution < 1.29 is 4.79 Å². The lowest BCUT2D eigenvalue weighted by Crippen LogP contribution is -2.29. The minimum atomic E-state index is -0.401.